The molecular formula is C12H17NO2. The number of ether oxygens (including phenoxy) is 1. The molecule has 0 aromatic carbocycles. The highest BCUT2D eigenvalue weighted by Gasteiger charge is 2.34. The Morgan fingerprint density at radius 3 is 2.73 bits per heavy atom. The second-order valence-corrected chi connectivity index (χ2v) is 4.46. The molecule has 1 aromatic heterocycles. The van der Waals surface area contributed by atoms with Crippen LogP contribution in [0.5, 0.6) is 0 Å². The van der Waals surface area contributed by atoms with Crippen LogP contribution in [-0.2, 0) is 10.3 Å². The van der Waals surface area contributed by atoms with Crippen molar-refractivity contribution in [1.29, 1.82) is 0 Å². The minimum absolute atomic E-state index is 0.385. The molecule has 1 saturated heterocycles. The van der Waals surface area contributed by atoms with Crippen LogP contribution in [0.2, 0.25) is 0 Å². The monoisotopic (exact) mass is 207 g/mol. The maximum absolute atomic E-state index is 10.2. The summed E-state index contributed by atoms with van der Waals surface area (Å²) in [5.74, 6) is 0.425. The Bertz CT molecular complexity index is 326. The lowest BCUT2D eigenvalue weighted by atomic mass is 9.94. The van der Waals surface area contributed by atoms with Gasteiger partial charge in [-0.15, -0.1) is 0 Å². The van der Waals surface area contributed by atoms with E-state index in [4.69, 9.17) is 4.74 Å². The zero-order valence-electron chi connectivity index (χ0n) is 9.23. The Morgan fingerprint density at radius 2 is 2.27 bits per heavy atom. The van der Waals surface area contributed by atoms with Crippen LogP contribution in [0.3, 0.4) is 0 Å². The third-order valence-corrected chi connectivity index (χ3v) is 2.92. The van der Waals surface area contributed by atoms with Crippen LogP contribution < -0.4 is 0 Å². The molecule has 1 fully saturated rings. The maximum Gasteiger partial charge on any atom is 0.117 e. The highest BCUT2D eigenvalue weighted by molar-refractivity contribution is 5.23. The Balaban J connectivity index is 2.23. The van der Waals surface area contributed by atoms with Crippen molar-refractivity contribution in [2.24, 2.45) is 0 Å². The molecule has 0 radical (unpaired) electrons. The largest absolute Gasteiger partial charge is 0.383 e. The fraction of sp³-hybridized carbons (Fsp3) is 0.583. The molecule has 82 valence electrons. The summed E-state index contributed by atoms with van der Waals surface area (Å²) in [6, 6.07) is 3.94. The molecule has 0 aliphatic carbocycles. The summed E-state index contributed by atoms with van der Waals surface area (Å²) in [7, 11) is 0. The molecule has 3 nitrogen and oxygen atoms in total. The van der Waals surface area contributed by atoms with Crippen molar-refractivity contribution < 1.29 is 9.84 Å². The van der Waals surface area contributed by atoms with Crippen molar-refractivity contribution >= 4 is 0 Å². The molecule has 1 aromatic rings. The van der Waals surface area contributed by atoms with Crippen LogP contribution in [0.4, 0.5) is 0 Å². The van der Waals surface area contributed by atoms with E-state index in [-0.39, 0.29) is 0 Å². The van der Waals surface area contributed by atoms with Gasteiger partial charge in [-0.25, -0.2) is 0 Å². The van der Waals surface area contributed by atoms with E-state index in [1.165, 1.54) is 0 Å². The van der Waals surface area contributed by atoms with Crippen LogP contribution in [0.1, 0.15) is 37.4 Å². The number of aromatic nitrogens is 1. The van der Waals surface area contributed by atoms with Gasteiger partial charge in [0.25, 0.3) is 0 Å². The number of aliphatic hydroxyl groups is 1. The number of hydrogen-bond donors (Lipinski definition) is 1. The highest BCUT2D eigenvalue weighted by Crippen LogP contribution is 2.30. The molecule has 2 rings (SSSR count). The van der Waals surface area contributed by atoms with Gasteiger partial charge in [0, 0.05) is 30.5 Å². The summed E-state index contributed by atoms with van der Waals surface area (Å²) in [5.41, 5.74) is 1.10. The van der Waals surface area contributed by atoms with Crippen molar-refractivity contribution in [2.45, 2.75) is 31.8 Å². The first kappa shape index (κ1) is 10.6. The first-order chi connectivity index (χ1) is 7.12. The number of nitrogens with zero attached hydrogens (tertiary/aromatic N) is 1. The SMILES string of the molecule is CC(C)c1ccc([C@@]2(O)CCOC2)cn1. The van der Waals surface area contributed by atoms with Crippen LogP contribution in [0.15, 0.2) is 18.3 Å². The second-order valence-electron chi connectivity index (χ2n) is 4.46. The third-order valence-electron chi connectivity index (χ3n) is 2.92. The van der Waals surface area contributed by atoms with E-state index in [2.05, 4.69) is 18.8 Å². The fourth-order valence-corrected chi connectivity index (χ4v) is 1.80. The van der Waals surface area contributed by atoms with E-state index in [0.717, 1.165) is 11.3 Å². The van der Waals surface area contributed by atoms with Crippen LogP contribution in [-0.4, -0.2) is 23.3 Å². The van der Waals surface area contributed by atoms with E-state index in [1.54, 1.807) is 6.20 Å². The Kier molecular flexibility index (Phi) is 2.76. The smallest absolute Gasteiger partial charge is 0.117 e. The van der Waals surface area contributed by atoms with Crippen LogP contribution in [0, 0.1) is 0 Å². The molecule has 1 aliphatic rings. The average Bonchev–Trinajstić information content (AvgIpc) is 2.67. The number of rotatable bonds is 2. The molecule has 1 aliphatic heterocycles. The lowest BCUT2D eigenvalue weighted by Crippen LogP contribution is -2.25. The molecule has 1 N–H and O–H groups in total. The van der Waals surface area contributed by atoms with Crippen molar-refractivity contribution in [3.63, 3.8) is 0 Å². The summed E-state index contributed by atoms with van der Waals surface area (Å²) >= 11 is 0. The van der Waals surface area contributed by atoms with Crippen molar-refractivity contribution in [1.82, 2.24) is 4.98 Å². The van der Waals surface area contributed by atoms with Gasteiger partial charge in [0.2, 0.25) is 0 Å². The zero-order valence-corrected chi connectivity index (χ0v) is 9.23. The lowest BCUT2D eigenvalue weighted by molar-refractivity contribution is 0.0229. The first-order valence-corrected chi connectivity index (χ1v) is 5.38. The predicted molar refractivity (Wildman–Crippen MR) is 57.7 cm³/mol. The summed E-state index contributed by atoms with van der Waals surface area (Å²) in [5, 5.41) is 10.2. The van der Waals surface area contributed by atoms with Gasteiger partial charge in [-0.2, -0.15) is 0 Å². The third kappa shape index (κ3) is 2.03. The topological polar surface area (TPSA) is 42.4 Å². The minimum atomic E-state index is -0.817. The zero-order chi connectivity index (χ0) is 10.9. The van der Waals surface area contributed by atoms with Gasteiger partial charge in [-0.3, -0.25) is 4.98 Å². The van der Waals surface area contributed by atoms with Gasteiger partial charge >= 0.3 is 0 Å². The molecule has 15 heavy (non-hydrogen) atoms. The molecule has 0 amide bonds. The second kappa shape index (κ2) is 3.91. The molecule has 0 unspecified atom stereocenters. The van der Waals surface area contributed by atoms with Crippen molar-refractivity contribution in [3.05, 3.63) is 29.6 Å². The Labute approximate surface area is 90.1 Å². The summed E-state index contributed by atoms with van der Waals surface area (Å²) in [4.78, 5) is 4.35. The van der Waals surface area contributed by atoms with Gasteiger partial charge in [0.15, 0.2) is 0 Å². The Morgan fingerprint density at radius 1 is 1.47 bits per heavy atom. The maximum atomic E-state index is 10.2. The molecule has 0 spiro atoms. The van der Waals surface area contributed by atoms with Gasteiger partial charge in [0.1, 0.15) is 5.60 Å². The summed E-state index contributed by atoms with van der Waals surface area (Å²) in [6.45, 7) is 5.23. The molecule has 1 atom stereocenters. The van der Waals surface area contributed by atoms with Crippen molar-refractivity contribution in [2.75, 3.05) is 13.2 Å². The number of pyridine rings is 1. The minimum Gasteiger partial charge on any atom is -0.383 e. The molecule has 0 bridgehead atoms. The van der Waals surface area contributed by atoms with Crippen LogP contribution in [0.25, 0.3) is 0 Å². The fourth-order valence-electron chi connectivity index (χ4n) is 1.80. The first-order valence-electron chi connectivity index (χ1n) is 5.38. The lowest BCUT2D eigenvalue weighted by Gasteiger charge is -2.20. The Hall–Kier alpha value is -0.930. The van der Waals surface area contributed by atoms with E-state index in [9.17, 15) is 5.11 Å². The van der Waals surface area contributed by atoms with Crippen LogP contribution >= 0.6 is 0 Å². The molecule has 0 saturated carbocycles. The summed E-state index contributed by atoms with van der Waals surface area (Å²) in [6.07, 6.45) is 2.43. The number of hydrogen-bond acceptors (Lipinski definition) is 3. The summed E-state index contributed by atoms with van der Waals surface area (Å²) < 4.78 is 5.21. The van der Waals surface area contributed by atoms with Gasteiger partial charge in [-0.1, -0.05) is 19.9 Å². The van der Waals surface area contributed by atoms with Gasteiger partial charge in [-0.05, 0) is 12.0 Å². The standard InChI is InChI=1S/C12H17NO2/c1-9(2)11-4-3-10(7-13-11)12(14)5-6-15-8-12/h3-4,7,9,14H,5-6,8H2,1-2H3/t12-/m1/s1. The highest BCUT2D eigenvalue weighted by atomic mass is 16.5. The van der Waals surface area contributed by atoms with Gasteiger partial charge < -0.3 is 9.84 Å². The van der Waals surface area contributed by atoms with E-state index >= 15 is 0 Å². The molecule has 3 heteroatoms. The van der Waals surface area contributed by atoms with E-state index in [0.29, 0.717) is 25.6 Å². The quantitative estimate of drug-likeness (QED) is 0.804. The normalized spacial score (nSPS) is 26.1. The van der Waals surface area contributed by atoms with E-state index in [1.807, 2.05) is 12.1 Å². The van der Waals surface area contributed by atoms with Crippen molar-refractivity contribution in [3.8, 4) is 0 Å². The molecular weight excluding hydrogens is 190 g/mol. The predicted octanol–water partition coefficient (Wildman–Crippen LogP) is 1.81. The van der Waals surface area contributed by atoms with E-state index < -0.39 is 5.60 Å². The molecule has 2 heterocycles. The van der Waals surface area contributed by atoms with Gasteiger partial charge in [0.05, 0.1) is 6.61 Å². The average molecular weight is 207 g/mol.